The number of fused-ring (bicyclic) bond motifs is 1. The second-order valence-electron chi connectivity index (χ2n) is 7.39. The van der Waals surface area contributed by atoms with E-state index in [1.807, 2.05) is 30.3 Å². The number of nitrogens with zero attached hydrogens (tertiary/aromatic N) is 3. The van der Waals surface area contributed by atoms with Crippen molar-refractivity contribution in [1.29, 1.82) is 0 Å². The molecule has 3 N–H and O–H groups in total. The first-order valence-corrected chi connectivity index (χ1v) is 10.4. The summed E-state index contributed by atoms with van der Waals surface area (Å²) in [5.74, 6) is 0.613. The monoisotopic (exact) mass is 436 g/mol. The fraction of sp³-hybridized carbons (Fsp3) is 0.227. The quantitative estimate of drug-likeness (QED) is 0.454. The number of halogens is 1. The molecule has 1 aliphatic rings. The SMILES string of the molecule is Cn1c(=O)c(Nc2ncccc2C2COCCN2)cc2c(Cl)c(-c3cc[nH]n3)ccc21. The van der Waals surface area contributed by atoms with Crippen molar-refractivity contribution in [2.24, 2.45) is 7.05 Å². The summed E-state index contributed by atoms with van der Waals surface area (Å²) < 4.78 is 7.18. The number of aromatic amines is 1. The topological polar surface area (TPSA) is 96.9 Å². The molecular weight excluding hydrogens is 416 g/mol. The summed E-state index contributed by atoms with van der Waals surface area (Å²) in [6, 6.07) is 11.2. The van der Waals surface area contributed by atoms with E-state index in [0.29, 0.717) is 29.7 Å². The van der Waals surface area contributed by atoms with Crippen LogP contribution >= 0.6 is 11.6 Å². The van der Waals surface area contributed by atoms with Crippen LogP contribution in [0.4, 0.5) is 11.5 Å². The smallest absolute Gasteiger partial charge is 0.274 e. The third-order valence-corrected chi connectivity index (χ3v) is 5.91. The Morgan fingerprint density at radius 3 is 2.97 bits per heavy atom. The molecule has 1 fully saturated rings. The van der Waals surface area contributed by atoms with Gasteiger partial charge in [0, 0.05) is 42.5 Å². The van der Waals surface area contributed by atoms with Gasteiger partial charge in [0.15, 0.2) is 0 Å². The molecule has 0 spiro atoms. The number of nitrogens with one attached hydrogen (secondary N) is 3. The molecular formula is C22H21ClN6O2. The molecule has 8 nitrogen and oxygen atoms in total. The van der Waals surface area contributed by atoms with Crippen molar-refractivity contribution in [2.45, 2.75) is 6.04 Å². The number of aryl methyl sites for hydroxylation is 1. The maximum Gasteiger partial charge on any atom is 0.274 e. The highest BCUT2D eigenvalue weighted by atomic mass is 35.5. The van der Waals surface area contributed by atoms with Crippen molar-refractivity contribution < 1.29 is 4.74 Å². The van der Waals surface area contributed by atoms with E-state index in [4.69, 9.17) is 16.3 Å². The van der Waals surface area contributed by atoms with Crippen LogP contribution in [0.25, 0.3) is 22.2 Å². The average molecular weight is 437 g/mol. The maximum atomic E-state index is 13.1. The van der Waals surface area contributed by atoms with E-state index >= 15 is 0 Å². The van der Waals surface area contributed by atoms with Crippen molar-refractivity contribution >= 4 is 34.0 Å². The Hall–Kier alpha value is -3.20. The molecule has 9 heteroatoms. The van der Waals surface area contributed by atoms with Gasteiger partial charge in [-0.3, -0.25) is 9.89 Å². The van der Waals surface area contributed by atoms with Gasteiger partial charge in [-0.15, -0.1) is 0 Å². The van der Waals surface area contributed by atoms with Gasteiger partial charge in [0.1, 0.15) is 11.5 Å². The molecule has 31 heavy (non-hydrogen) atoms. The molecule has 1 saturated heterocycles. The molecule has 1 atom stereocenters. The van der Waals surface area contributed by atoms with Crippen molar-refractivity contribution in [3.8, 4) is 11.3 Å². The van der Waals surface area contributed by atoms with E-state index in [9.17, 15) is 4.79 Å². The van der Waals surface area contributed by atoms with Gasteiger partial charge in [-0.1, -0.05) is 17.7 Å². The number of pyridine rings is 2. The minimum atomic E-state index is -0.166. The number of hydrogen-bond acceptors (Lipinski definition) is 6. The zero-order valence-corrected chi connectivity index (χ0v) is 17.6. The molecule has 4 heterocycles. The van der Waals surface area contributed by atoms with Crippen molar-refractivity contribution in [3.63, 3.8) is 0 Å². The number of anilines is 2. The van der Waals surface area contributed by atoms with Gasteiger partial charge >= 0.3 is 0 Å². The maximum absolute atomic E-state index is 13.1. The van der Waals surface area contributed by atoms with E-state index in [-0.39, 0.29) is 11.6 Å². The molecule has 1 aliphatic heterocycles. The Kier molecular flexibility index (Phi) is 5.19. The van der Waals surface area contributed by atoms with Crippen LogP contribution in [-0.4, -0.2) is 39.5 Å². The molecule has 4 aromatic rings. The number of hydrogen-bond donors (Lipinski definition) is 3. The zero-order chi connectivity index (χ0) is 21.4. The van der Waals surface area contributed by atoms with E-state index in [1.54, 1.807) is 30.1 Å². The predicted molar refractivity (Wildman–Crippen MR) is 121 cm³/mol. The number of H-pyrrole nitrogens is 1. The van der Waals surface area contributed by atoms with Crippen LogP contribution in [0.5, 0.6) is 0 Å². The van der Waals surface area contributed by atoms with Gasteiger partial charge in [-0.2, -0.15) is 5.10 Å². The Balaban J connectivity index is 1.60. The minimum absolute atomic E-state index is 0.00381. The van der Waals surface area contributed by atoms with Crippen LogP contribution < -0.4 is 16.2 Å². The third-order valence-electron chi connectivity index (χ3n) is 5.51. The molecule has 1 unspecified atom stereocenters. The van der Waals surface area contributed by atoms with E-state index in [0.717, 1.165) is 34.3 Å². The molecule has 158 valence electrons. The van der Waals surface area contributed by atoms with E-state index < -0.39 is 0 Å². The van der Waals surface area contributed by atoms with Gasteiger partial charge in [0.2, 0.25) is 0 Å². The van der Waals surface area contributed by atoms with Crippen LogP contribution in [0, 0.1) is 0 Å². The third kappa shape index (κ3) is 3.59. The summed E-state index contributed by atoms with van der Waals surface area (Å²) in [5, 5.41) is 15.0. The van der Waals surface area contributed by atoms with Gasteiger partial charge in [-0.25, -0.2) is 4.98 Å². The molecule has 5 rings (SSSR count). The molecule has 0 saturated carbocycles. The first kappa shape index (κ1) is 19.7. The van der Waals surface area contributed by atoms with Crippen molar-refractivity contribution in [3.05, 3.63) is 69.7 Å². The second kappa shape index (κ2) is 8.14. The summed E-state index contributed by atoms with van der Waals surface area (Å²) >= 11 is 6.75. The lowest BCUT2D eigenvalue weighted by atomic mass is 10.1. The van der Waals surface area contributed by atoms with E-state index in [1.165, 1.54) is 0 Å². The first-order chi connectivity index (χ1) is 15.1. The Morgan fingerprint density at radius 1 is 1.29 bits per heavy atom. The highest BCUT2D eigenvalue weighted by molar-refractivity contribution is 6.38. The Bertz CT molecular complexity index is 1300. The van der Waals surface area contributed by atoms with Crippen LogP contribution in [0.3, 0.4) is 0 Å². The number of benzene rings is 1. The Labute approximate surface area is 183 Å². The number of morpholine rings is 1. The summed E-state index contributed by atoms with van der Waals surface area (Å²) in [5.41, 5.74) is 3.45. The normalized spacial score (nSPS) is 16.5. The lowest BCUT2D eigenvalue weighted by Gasteiger charge is -2.25. The molecule has 1 aromatic carbocycles. The predicted octanol–water partition coefficient (Wildman–Crippen LogP) is 3.38. The van der Waals surface area contributed by atoms with Gasteiger partial charge in [0.25, 0.3) is 5.56 Å². The standard InChI is InChI=1S/C22H21ClN6O2/c1-29-19-5-4-13(16-6-8-26-28-16)20(23)15(19)11-17(22(29)30)27-21-14(3-2-7-25-21)18-12-31-10-9-24-18/h2-8,11,18,24H,9-10,12H2,1H3,(H,25,27)(H,26,28). The first-order valence-electron chi connectivity index (χ1n) is 9.99. The number of rotatable bonds is 4. The summed E-state index contributed by atoms with van der Waals surface area (Å²) in [7, 11) is 1.73. The fourth-order valence-electron chi connectivity index (χ4n) is 3.90. The van der Waals surface area contributed by atoms with Crippen LogP contribution in [-0.2, 0) is 11.8 Å². The second-order valence-corrected chi connectivity index (χ2v) is 7.77. The van der Waals surface area contributed by atoms with Crippen LogP contribution in [0.1, 0.15) is 11.6 Å². The van der Waals surface area contributed by atoms with Crippen molar-refractivity contribution in [1.82, 2.24) is 25.1 Å². The van der Waals surface area contributed by atoms with Gasteiger partial charge < -0.3 is 19.9 Å². The molecule has 0 aliphatic carbocycles. The van der Waals surface area contributed by atoms with Gasteiger partial charge in [-0.05, 0) is 30.3 Å². The van der Waals surface area contributed by atoms with Crippen LogP contribution in [0.2, 0.25) is 5.02 Å². The highest BCUT2D eigenvalue weighted by Crippen LogP contribution is 2.34. The largest absolute Gasteiger partial charge is 0.378 e. The number of ether oxygens (including phenoxy) is 1. The van der Waals surface area contributed by atoms with Crippen LogP contribution in [0.15, 0.2) is 53.6 Å². The zero-order valence-electron chi connectivity index (χ0n) is 16.9. The lowest BCUT2D eigenvalue weighted by molar-refractivity contribution is 0.0770. The van der Waals surface area contributed by atoms with Gasteiger partial charge in [0.05, 0.1) is 35.5 Å². The molecule has 3 aromatic heterocycles. The highest BCUT2D eigenvalue weighted by Gasteiger charge is 2.20. The Morgan fingerprint density at radius 2 is 2.19 bits per heavy atom. The number of aromatic nitrogens is 4. The van der Waals surface area contributed by atoms with E-state index in [2.05, 4.69) is 25.8 Å². The summed E-state index contributed by atoms with van der Waals surface area (Å²) in [6.07, 6.45) is 3.44. The molecule has 0 bridgehead atoms. The minimum Gasteiger partial charge on any atom is -0.378 e. The average Bonchev–Trinajstić information content (AvgIpc) is 3.33. The van der Waals surface area contributed by atoms with Crippen molar-refractivity contribution in [2.75, 3.05) is 25.1 Å². The fourth-order valence-corrected chi connectivity index (χ4v) is 4.21. The summed E-state index contributed by atoms with van der Waals surface area (Å²) in [4.78, 5) is 17.6. The molecule has 0 radical (unpaired) electrons. The molecule has 0 amide bonds. The lowest BCUT2D eigenvalue weighted by Crippen LogP contribution is -2.35. The summed E-state index contributed by atoms with van der Waals surface area (Å²) in [6.45, 7) is 2.00.